The first-order valence-corrected chi connectivity index (χ1v) is 10.5. The molecule has 2 aromatic rings. The Balaban J connectivity index is 1.84. The number of nitro benzene ring substituents is 1. The first-order chi connectivity index (χ1) is 13.8. The first kappa shape index (κ1) is 21.2. The predicted molar refractivity (Wildman–Crippen MR) is 106 cm³/mol. The molecule has 3 rings (SSSR count). The number of likely N-dealkylation sites (N-methyl/N-ethyl adjacent to an activating group) is 1. The van der Waals surface area contributed by atoms with Gasteiger partial charge in [-0.2, -0.15) is 4.31 Å². The van der Waals surface area contributed by atoms with Gasteiger partial charge < -0.3 is 14.5 Å². The molecule has 1 aromatic heterocycles. The summed E-state index contributed by atoms with van der Waals surface area (Å²) in [5.74, 6) is 0.719. The highest BCUT2D eigenvalue weighted by Crippen LogP contribution is 2.30. The standard InChI is InChI=1S/C18H24N4O6S/c1-20(2)17(18-4-3-9-28-18)13-19-15-6-5-14(12-16(15)22(23)24)29(25,26)21-7-10-27-11-8-21/h3-6,9,12,17,19H,7-8,10-11,13H2,1-2H3/t17-/m0/s1. The van der Waals surface area contributed by atoms with E-state index in [1.807, 2.05) is 25.1 Å². The Labute approximate surface area is 169 Å². The number of rotatable bonds is 8. The number of ether oxygens (including phenoxy) is 1. The van der Waals surface area contributed by atoms with Crippen LogP contribution in [0, 0.1) is 10.1 Å². The van der Waals surface area contributed by atoms with Gasteiger partial charge in [0.05, 0.1) is 35.3 Å². The van der Waals surface area contributed by atoms with E-state index in [0.717, 1.165) is 11.8 Å². The van der Waals surface area contributed by atoms with E-state index in [1.54, 1.807) is 12.3 Å². The Morgan fingerprint density at radius 1 is 1.28 bits per heavy atom. The number of hydrogen-bond donors (Lipinski definition) is 1. The van der Waals surface area contributed by atoms with Crippen LogP contribution in [0.1, 0.15) is 11.8 Å². The molecule has 0 aliphatic carbocycles. The predicted octanol–water partition coefficient (Wildman–Crippen LogP) is 1.92. The van der Waals surface area contributed by atoms with Gasteiger partial charge in [0.2, 0.25) is 10.0 Å². The van der Waals surface area contributed by atoms with Crippen LogP contribution >= 0.6 is 0 Å². The lowest BCUT2D eigenvalue weighted by atomic mass is 10.2. The van der Waals surface area contributed by atoms with E-state index < -0.39 is 14.9 Å². The molecule has 1 N–H and O–H groups in total. The largest absolute Gasteiger partial charge is 0.468 e. The van der Waals surface area contributed by atoms with E-state index in [9.17, 15) is 18.5 Å². The van der Waals surface area contributed by atoms with Crippen LogP contribution in [0.5, 0.6) is 0 Å². The smallest absolute Gasteiger partial charge is 0.293 e. The highest BCUT2D eigenvalue weighted by molar-refractivity contribution is 7.89. The number of nitrogens with zero attached hydrogens (tertiary/aromatic N) is 3. The molecular weight excluding hydrogens is 400 g/mol. The summed E-state index contributed by atoms with van der Waals surface area (Å²) < 4.78 is 37.5. The van der Waals surface area contributed by atoms with Gasteiger partial charge in [-0.1, -0.05) is 0 Å². The zero-order valence-electron chi connectivity index (χ0n) is 16.3. The lowest BCUT2D eigenvalue weighted by molar-refractivity contribution is -0.384. The molecule has 29 heavy (non-hydrogen) atoms. The van der Waals surface area contributed by atoms with Crippen LogP contribution in [0.2, 0.25) is 0 Å². The summed E-state index contributed by atoms with van der Waals surface area (Å²) >= 11 is 0. The van der Waals surface area contributed by atoms with Crippen LogP contribution in [0.3, 0.4) is 0 Å². The van der Waals surface area contributed by atoms with Crippen molar-refractivity contribution >= 4 is 21.4 Å². The van der Waals surface area contributed by atoms with Crippen molar-refractivity contribution < 1.29 is 22.5 Å². The maximum absolute atomic E-state index is 12.8. The number of nitrogens with one attached hydrogen (secondary N) is 1. The maximum Gasteiger partial charge on any atom is 0.293 e. The van der Waals surface area contributed by atoms with E-state index in [2.05, 4.69) is 5.32 Å². The summed E-state index contributed by atoms with van der Waals surface area (Å²) in [4.78, 5) is 12.8. The third-order valence-electron chi connectivity index (χ3n) is 4.75. The second-order valence-corrected chi connectivity index (χ2v) is 8.77. The first-order valence-electron chi connectivity index (χ1n) is 9.10. The zero-order valence-corrected chi connectivity index (χ0v) is 17.1. The van der Waals surface area contributed by atoms with Gasteiger partial charge in [-0.25, -0.2) is 8.42 Å². The summed E-state index contributed by atoms with van der Waals surface area (Å²) in [5.41, 5.74) is -0.0504. The van der Waals surface area contributed by atoms with Crippen LogP contribution in [0.25, 0.3) is 0 Å². The van der Waals surface area contributed by atoms with Gasteiger partial charge in [0.25, 0.3) is 5.69 Å². The van der Waals surface area contributed by atoms with E-state index in [-0.39, 0.29) is 35.4 Å². The van der Waals surface area contributed by atoms with E-state index in [0.29, 0.717) is 19.8 Å². The van der Waals surface area contributed by atoms with Gasteiger partial charge in [0.1, 0.15) is 11.4 Å². The molecule has 10 nitrogen and oxygen atoms in total. The molecule has 2 heterocycles. The third-order valence-corrected chi connectivity index (χ3v) is 6.65. The van der Waals surface area contributed by atoms with E-state index in [4.69, 9.17) is 9.15 Å². The van der Waals surface area contributed by atoms with Crippen molar-refractivity contribution in [2.24, 2.45) is 0 Å². The molecule has 0 amide bonds. The molecule has 0 saturated carbocycles. The number of sulfonamides is 1. The second kappa shape index (κ2) is 8.91. The molecule has 1 aromatic carbocycles. The summed E-state index contributed by atoms with van der Waals surface area (Å²) in [6, 6.07) is 7.38. The molecule has 1 saturated heterocycles. The summed E-state index contributed by atoms with van der Waals surface area (Å²) in [7, 11) is -0.0646. The molecule has 1 aliphatic rings. The summed E-state index contributed by atoms with van der Waals surface area (Å²) in [6.07, 6.45) is 1.57. The van der Waals surface area contributed by atoms with Gasteiger partial charge in [0, 0.05) is 25.7 Å². The van der Waals surface area contributed by atoms with E-state index in [1.165, 1.54) is 16.4 Å². The Kier molecular flexibility index (Phi) is 6.52. The van der Waals surface area contributed by atoms with Gasteiger partial charge in [-0.15, -0.1) is 0 Å². The minimum absolute atomic E-state index is 0.105. The zero-order chi connectivity index (χ0) is 21.0. The molecular formula is C18H24N4O6S. The fourth-order valence-corrected chi connectivity index (χ4v) is 4.56. The van der Waals surface area contributed by atoms with Crippen molar-refractivity contribution in [3.63, 3.8) is 0 Å². The van der Waals surface area contributed by atoms with Gasteiger partial charge in [-0.05, 0) is 38.4 Å². The van der Waals surface area contributed by atoms with Crippen molar-refractivity contribution in [2.75, 3.05) is 52.3 Å². The quantitative estimate of drug-likeness (QED) is 0.504. The average Bonchev–Trinajstić information content (AvgIpc) is 3.23. The highest BCUT2D eigenvalue weighted by atomic mass is 32.2. The van der Waals surface area contributed by atoms with Crippen LogP contribution in [0.4, 0.5) is 11.4 Å². The average molecular weight is 424 g/mol. The highest BCUT2D eigenvalue weighted by Gasteiger charge is 2.29. The number of nitro groups is 1. The van der Waals surface area contributed by atoms with Gasteiger partial charge in [0.15, 0.2) is 0 Å². The topological polar surface area (TPSA) is 118 Å². The van der Waals surface area contributed by atoms with Crippen LogP contribution in [0.15, 0.2) is 45.9 Å². The lowest BCUT2D eigenvalue weighted by Crippen LogP contribution is -2.40. The van der Waals surface area contributed by atoms with Crippen molar-refractivity contribution in [1.29, 1.82) is 0 Å². The molecule has 11 heteroatoms. The monoisotopic (exact) mass is 424 g/mol. The number of benzene rings is 1. The molecule has 1 atom stereocenters. The number of morpholine rings is 1. The Morgan fingerprint density at radius 2 is 2.00 bits per heavy atom. The van der Waals surface area contributed by atoms with Crippen molar-refractivity contribution in [2.45, 2.75) is 10.9 Å². The Morgan fingerprint density at radius 3 is 2.59 bits per heavy atom. The maximum atomic E-state index is 12.8. The minimum Gasteiger partial charge on any atom is -0.468 e. The van der Waals surface area contributed by atoms with Crippen LogP contribution < -0.4 is 5.32 Å². The molecule has 0 radical (unpaired) electrons. The molecule has 0 spiro atoms. The lowest BCUT2D eigenvalue weighted by Gasteiger charge is -2.26. The fraction of sp³-hybridized carbons (Fsp3) is 0.444. The molecule has 158 valence electrons. The molecule has 1 fully saturated rings. The number of anilines is 1. The number of hydrogen-bond acceptors (Lipinski definition) is 8. The SMILES string of the molecule is CN(C)[C@@H](CNc1ccc(S(=O)(=O)N2CCOCC2)cc1[N+](=O)[O-])c1ccco1. The number of furan rings is 1. The molecule has 1 aliphatic heterocycles. The van der Waals surface area contributed by atoms with Crippen LogP contribution in [-0.4, -0.2) is 69.5 Å². The normalized spacial score (nSPS) is 16.7. The van der Waals surface area contributed by atoms with Gasteiger partial charge >= 0.3 is 0 Å². The van der Waals surface area contributed by atoms with Crippen molar-refractivity contribution in [3.05, 3.63) is 52.5 Å². The second-order valence-electron chi connectivity index (χ2n) is 6.83. The van der Waals surface area contributed by atoms with Crippen LogP contribution in [-0.2, 0) is 14.8 Å². The van der Waals surface area contributed by atoms with Gasteiger partial charge in [-0.3, -0.25) is 15.0 Å². The third kappa shape index (κ3) is 4.75. The fourth-order valence-electron chi connectivity index (χ4n) is 3.13. The van der Waals surface area contributed by atoms with Crippen molar-refractivity contribution in [3.8, 4) is 0 Å². The summed E-state index contributed by atoms with van der Waals surface area (Å²) in [5, 5.41) is 14.6. The minimum atomic E-state index is -3.82. The summed E-state index contributed by atoms with van der Waals surface area (Å²) in [6.45, 7) is 1.41. The molecule has 0 bridgehead atoms. The van der Waals surface area contributed by atoms with E-state index >= 15 is 0 Å². The Hall–Kier alpha value is -2.47. The Bertz CT molecular complexity index is 939. The molecule has 0 unspecified atom stereocenters. The van der Waals surface area contributed by atoms with Crippen molar-refractivity contribution in [1.82, 2.24) is 9.21 Å².